The zero-order valence-electron chi connectivity index (χ0n) is 11.2. The summed E-state index contributed by atoms with van der Waals surface area (Å²) in [7, 11) is 1.81. The number of nitrogens with one attached hydrogen (secondary N) is 1. The highest BCUT2D eigenvalue weighted by molar-refractivity contribution is 9.10. The standard InChI is InChI=1S/C15H17BrN2O2/c1-18-9-12(16)8-14(18)15(20)17-13(10-19)7-11-5-3-2-4-6-11/h2-6,8-9,13,19H,7,10H2,1H3,(H,17,20). The van der Waals surface area contributed by atoms with Crippen LogP contribution in [0.2, 0.25) is 0 Å². The van der Waals surface area contributed by atoms with E-state index < -0.39 is 0 Å². The molecule has 2 rings (SSSR count). The highest BCUT2D eigenvalue weighted by Crippen LogP contribution is 2.14. The number of aromatic nitrogens is 1. The third-order valence-corrected chi connectivity index (χ3v) is 3.52. The minimum absolute atomic E-state index is 0.0910. The molecule has 0 aliphatic carbocycles. The predicted octanol–water partition coefficient (Wildman–Crippen LogP) is 2.12. The first-order chi connectivity index (χ1) is 9.60. The summed E-state index contributed by atoms with van der Waals surface area (Å²) in [6.45, 7) is -0.0910. The van der Waals surface area contributed by atoms with Gasteiger partial charge in [-0.3, -0.25) is 4.79 Å². The molecule has 1 aromatic heterocycles. The fourth-order valence-electron chi connectivity index (χ4n) is 2.07. The van der Waals surface area contributed by atoms with Crippen molar-refractivity contribution in [3.63, 3.8) is 0 Å². The van der Waals surface area contributed by atoms with Gasteiger partial charge >= 0.3 is 0 Å². The van der Waals surface area contributed by atoms with Crippen LogP contribution in [0.5, 0.6) is 0 Å². The lowest BCUT2D eigenvalue weighted by Gasteiger charge is -2.16. The van der Waals surface area contributed by atoms with Crippen molar-refractivity contribution in [2.45, 2.75) is 12.5 Å². The van der Waals surface area contributed by atoms with Crippen LogP contribution >= 0.6 is 15.9 Å². The number of amides is 1. The molecule has 5 heteroatoms. The zero-order chi connectivity index (χ0) is 14.5. The number of aryl methyl sites for hydroxylation is 1. The van der Waals surface area contributed by atoms with Gasteiger partial charge in [0.25, 0.3) is 5.91 Å². The molecule has 20 heavy (non-hydrogen) atoms. The Kier molecular flexibility index (Phi) is 4.98. The smallest absolute Gasteiger partial charge is 0.268 e. The van der Waals surface area contributed by atoms with Gasteiger partial charge in [-0.15, -0.1) is 0 Å². The SMILES string of the molecule is Cn1cc(Br)cc1C(=O)NC(CO)Cc1ccccc1. The number of aliphatic hydroxyl groups is 1. The van der Waals surface area contributed by atoms with Crippen LogP contribution in [0.15, 0.2) is 47.1 Å². The van der Waals surface area contributed by atoms with E-state index in [1.807, 2.05) is 43.6 Å². The van der Waals surface area contributed by atoms with E-state index in [2.05, 4.69) is 21.2 Å². The number of carbonyl (C=O) groups excluding carboxylic acids is 1. The quantitative estimate of drug-likeness (QED) is 0.878. The van der Waals surface area contributed by atoms with E-state index in [9.17, 15) is 9.90 Å². The van der Waals surface area contributed by atoms with Crippen LogP contribution in [-0.2, 0) is 13.5 Å². The maximum atomic E-state index is 12.2. The average Bonchev–Trinajstić information content (AvgIpc) is 2.78. The lowest BCUT2D eigenvalue weighted by Crippen LogP contribution is -2.39. The molecule has 4 nitrogen and oxygen atoms in total. The van der Waals surface area contributed by atoms with E-state index >= 15 is 0 Å². The minimum Gasteiger partial charge on any atom is -0.394 e. The first kappa shape index (κ1) is 14.8. The molecule has 2 aromatic rings. The van der Waals surface area contributed by atoms with Gasteiger partial charge in [-0.05, 0) is 34.0 Å². The van der Waals surface area contributed by atoms with Gasteiger partial charge in [-0.1, -0.05) is 30.3 Å². The maximum absolute atomic E-state index is 12.2. The third-order valence-electron chi connectivity index (χ3n) is 3.08. The lowest BCUT2D eigenvalue weighted by atomic mass is 10.1. The molecule has 1 unspecified atom stereocenters. The molecule has 0 radical (unpaired) electrons. The second kappa shape index (κ2) is 6.72. The molecule has 106 valence electrons. The van der Waals surface area contributed by atoms with Gasteiger partial charge in [0.1, 0.15) is 5.69 Å². The zero-order valence-corrected chi connectivity index (χ0v) is 12.8. The number of nitrogens with zero attached hydrogens (tertiary/aromatic N) is 1. The van der Waals surface area contributed by atoms with E-state index in [4.69, 9.17) is 0 Å². The van der Waals surface area contributed by atoms with Crippen LogP contribution in [0.4, 0.5) is 0 Å². The number of carbonyl (C=O) groups is 1. The number of benzene rings is 1. The van der Waals surface area contributed by atoms with E-state index in [1.54, 1.807) is 10.6 Å². The van der Waals surface area contributed by atoms with Crippen molar-refractivity contribution >= 4 is 21.8 Å². The molecule has 0 saturated carbocycles. The first-order valence-corrected chi connectivity index (χ1v) is 7.17. The van der Waals surface area contributed by atoms with Crippen LogP contribution in [0.25, 0.3) is 0 Å². The summed E-state index contributed by atoms with van der Waals surface area (Å²) in [4.78, 5) is 12.2. The van der Waals surface area contributed by atoms with Gasteiger partial charge in [0.05, 0.1) is 12.6 Å². The fourth-order valence-corrected chi connectivity index (χ4v) is 2.59. The highest BCUT2D eigenvalue weighted by Gasteiger charge is 2.16. The van der Waals surface area contributed by atoms with Crippen molar-refractivity contribution in [2.24, 2.45) is 7.05 Å². The molecule has 1 aromatic carbocycles. The van der Waals surface area contributed by atoms with Crippen LogP contribution in [-0.4, -0.2) is 28.2 Å². The van der Waals surface area contributed by atoms with E-state index in [-0.39, 0.29) is 18.6 Å². The van der Waals surface area contributed by atoms with Gasteiger partial charge in [-0.25, -0.2) is 0 Å². The van der Waals surface area contributed by atoms with Gasteiger partial charge in [0.2, 0.25) is 0 Å². The Morgan fingerprint density at radius 2 is 2.10 bits per heavy atom. The number of halogens is 1. The second-order valence-corrected chi connectivity index (χ2v) is 5.61. The van der Waals surface area contributed by atoms with Crippen molar-refractivity contribution < 1.29 is 9.90 Å². The molecule has 0 fully saturated rings. The monoisotopic (exact) mass is 336 g/mol. The summed E-state index contributed by atoms with van der Waals surface area (Å²) in [6, 6.07) is 11.3. The van der Waals surface area contributed by atoms with Crippen molar-refractivity contribution in [1.82, 2.24) is 9.88 Å². The fraction of sp³-hybridized carbons (Fsp3) is 0.267. The molecule has 0 bridgehead atoms. The first-order valence-electron chi connectivity index (χ1n) is 6.37. The Bertz CT molecular complexity index is 581. The summed E-state index contributed by atoms with van der Waals surface area (Å²) >= 11 is 3.34. The van der Waals surface area contributed by atoms with Crippen molar-refractivity contribution in [2.75, 3.05) is 6.61 Å². The Labute approximate surface area is 126 Å². The Balaban J connectivity index is 2.03. The van der Waals surface area contributed by atoms with Crippen molar-refractivity contribution in [3.8, 4) is 0 Å². The molecule has 0 spiro atoms. The Morgan fingerprint density at radius 1 is 1.40 bits per heavy atom. The molecular weight excluding hydrogens is 320 g/mol. The van der Waals surface area contributed by atoms with Gasteiger partial charge in [0, 0.05) is 17.7 Å². The molecule has 0 aliphatic heterocycles. The Hall–Kier alpha value is -1.59. The molecule has 0 saturated heterocycles. The summed E-state index contributed by atoms with van der Waals surface area (Å²) in [5.41, 5.74) is 1.64. The van der Waals surface area contributed by atoms with Crippen molar-refractivity contribution in [1.29, 1.82) is 0 Å². The predicted molar refractivity (Wildman–Crippen MR) is 81.6 cm³/mol. The molecule has 1 atom stereocenters. The highest BCUT2D eigenvalue weighted by atomic mass is 79.9. The van der Waals surface area contributed by atoms with E-state index in [0.717, 1.165) is 10.0 Å². The number of aliphatic hydroxyl groups excluding tert-OH is 1. The molecule has 1 amide bonds. The number of rotatable bonds is 5. The van der Waals surface area contributed by atoms with Gasteiger partial charge < -0.3 is 15.0 Å². The van der Waals surface area contributed by atoms with Crippen LogP contribution in [0, 0.1) is 0 Å². The maximum Gasteiger partial charge on any atom is 0.268 e. The van der Waals surface area contributed by atoms with Crippen LogP contribution in [0.3, 0.4) is 0 Å². The summed E-state index contributed by atoms with van der Waals surface area (Å²) < 4.78 is 2.60. The number of hydrogen-bond donors (Lipinski definition) is 2. The topological polar surface area (TPSA) is 54.3 Å². The van der Waals surface area contributed by atoms with E-state index in [0.29, 0.717) is 12.1 Å². The molecule has 0 aliphatic rings. The summed E-state index contributed by atoms with van der Waals surface area (Å²) in [5, 5.41) is 12.3. The van der Waals surface area contributed by atoms with Crippen LogP contribution < -0.4 is 5.32 Å². The van der Waals surface area contributed by atoms with Crippen LogP contribution in [0.1, 0.15) is 16.1 Å². The van der Waals surface area contributed by atoms with Gasteiger partial charge in [-0.2, -0.15) is 0 Å². The lowest BCUT2D eigenvalue weighted by molar-refractivity contribution is 0.0908. The minimum atomic E-state index is -0.293. The Morgan fingerprint density at radius 3 is 2.65 bits per heavy atom. The second-order valence-electron chi connectivity index (χ2n) is 4.70. The molecular formula is C15H17BrN2O2. The van der Waals surface area contributed by atoms with Gasteiger partial charge in [0.15, 0.2) is 0 Å². The average molecular weight is 337 g/mol. The van der Waals surface area contributed by atoms with Crippen molar-refractivity contribution in [3.05, 3.63) is 58.3 Å². The van der Waals surface area contributed by atoms with E-state index in [1.165, 1.54) is 0 Å². The molecule has 1 heterocycles. The third kappa shape index (κ3) is 3.71. The normalized spacial score (nSPS) is 12.2. The largest absolute Gasteiger partial charge is 0.394 e. The summed E-state index contributed by atoms with van der Waals surface area (Å²) in [5.74, 6) is -0.187. The molecule has 2 N–H and O–H groups in total. The summed E-state index contributed by atoms with van der Waals surface area (Å²) in [6.07, 6.45) is 2.43. The number of hydrogen-bond acceptors (Lipinski definition) is 2.